The molecule has 21 heavy (non-hydrogen) atoms. The van der Waals surface area contributed by atoms with E-state index in [-0.39, 0.29) is 17.1 Å². The van der Waals surface area contributed by atoms with Gasteiger partial charge in [0.05, 0.1) is 32.3 Å². The van der Waals surface area contributed by atoms with E-state index < -0.39 is 29.2 Å². The summed E-state index contributed by atoms with van der Waals surface area (Å²) >= 11 is 0. The minimum absolute atomic E-state index is 0.0914. The Morgan fingerprint density at radius 3 is 2.19 bits per heavy atom. The van der Waals surface area contributed by atoms with Crippen molar-refractivity contribution in [3.8, 4) is 11.5 Å². The number of carbonyl (C=O) groups excluding carboxylic acids is 2. The number of benzene rings is 1. The quantitative estimate of drug-likeness (QED) is 0.433. The molecular formula is C12H13NO8. The van der Waals surface area contributed by atoms with E-state index in [1.807, 2.05) is 0 Å². The summed E-state index contributed by atoms with van der Waals surface area (Å²) in [5.41, 5.74) is -0.885. The molecule has 0 saturated carbocycles. The van der Waals surface area contributed by atoms with Crippen LogP contribution in [-0.2, 0) is 14.3 Å². The summed E-state index contributed by atoms with van der Waals surface area (Å²) < 4.78 is 18.8. The maximum absolute atomic E-state index is 11.8. The summed E-state index contributed by atoms with van der Waals surface area (Å²) in [7, 11) is 3.74. The lowest BCUT2D eigenvalue weighted by Crippen LogP contribution is -2.16. The highest BCUT2D eigenvalue weighted by Crippen LogP contribution is 2.34. The van der Waals surface area contributed by atoms with Crippen molar-refractivity contribution < 1.29 is 33.5 Å². The van der Waals surface area contributed by atoms with Gasteiger partial charge in [0.15, 0.2) is 18.1 Å². The maximum Gasteiger partial charge on any atom is 0.345 e. The number of hydrogen-bond acceptors (Lipinski definition) is 8. The number of carbonyl (C=O) groups is 2. The van der Waals surface area contributed by atoms with Gasteiger partial charge in [-0.05, 0) is 0 Å². The minimum Gasteiger partial charge on any atom is -0.493 e. The van der Waals surface area contributed by atoms with Crippen LogP contribution in [0.4, 0.5) is 5.69 Å². The summed E-state index contributed by atoms with van der Waals surface area (Å²) in [5, 5.41) is 11.0. The van der Waals surface area contributed by atoms with Crippen molar-refractivity contribution in [2.24, 2.45) is 0 Å². The normalized spacial score (nSPS) is 9.67. The molecule has 9 nitrogen and oxygen atoms in total. The Morgan fingerprint density at radius 2 is 1.71 bits per heavy atom. The fourth-order valence-electron chi connectivity index (χ4n) is 1.44. The SMILES string of the molecule is COC(=O)COC(=O)c1cc(OC)c(OC)cc1[N+](=O)[O-]. The summed E-state index contributed by atoms with van der Waals surface area (Å²) in [5.74, 6) is -1.62. The first-order valence-electron chi connectivity index (χ1n) is 5.59. The zero-order valence-corrected chi connectivity index (χ0v) is 11.6. The van der Waals surface area contributed by atoms with Crippen LogP contribution in [0.15, 0.2) is 12.1 Å². The van der Waals surface area contributed by atoms with Crippen molar-refractivity contribution in [1.82, 2.24) is 0 Å². The van der Waals surface area contributed by atoms with Crippen LogP contribution in [0.2, 0.25) is 0 Å². The second-order valence-corrected chi connectivity index (χ2v) is 3.63. The Bertz CT molecular complexity index is 569. The van der Waals surface area contributed by atoms with Gasteiger partial charge in [-0.15, -0.1) is 0 Å². The van der Waals surface area contributed by atoms with E-state index in [4.69, 9.17) is 9.47 Å². The van der Waals surface area contributed by atoms with Crippen LogP contribution in [0.3, 0.4) is 0 Å². The van der Waals surface area contributed by atoms with Gasteiger partial charge in [-0.1, -0.05) is 0 Å². The number of esters is 2. The molecule has 1 aromatic carbocycles. The molecule has 1 aromatic rings. The third-order valence-electron chi connectivity index (χ3n) is 2.47. The molecule has 0 fully saturated rings. The molecule has 0 saturated heterocycles. The van der Waals surface area contributed by atoms with E-state index in [9.17, 15) is 19.7 Å². The van der Waals surface area contributed by atoms with Crippen LogP contribution < -0.4 is 9.47 Å². The lowest BCUT2D eigenvalue weighted by molar-refractivity contribution is -0.385. The van der Waals surface area contributed by atoms with Gasteiger partial charge < -0.3 is 18.9 Å². The van der Waals surface area contributed by atoms with Crippen LogP contribution in [0.1, 0.15) is 10.4 Å². The Balaban J connectivity index is 3.17. The number of methoxy groups -OCH3 is 3. The van der Waals surface area contributed by atoms with Gasteiger partial charge in [0.1, 0.15) is 5.56 Å². The second-order valence-electron chi connectivity index (χ2n) is 3.63. The van der Waals surface area contributed by atoms with Gasteiger partial charge in [0, 0.05) is 6.07 Å². The first-order valence-corrected chi connectivity index (χ1v) is 5.59. The molecule has 0 aliphatic rings. The number of hydrogen-bond donors (Lipinski definition) is 0. The lowest BCUT2D eigenvalue weighted by Gasteiger charge is -2.10. The molecule has 9 heteroatoms. The van der Waals surface area contributed by atoms with Crippen molar-refractivity contribution in [1.29, 1.82) is 0 Å². The number of nitro benzene ring substituents is 1. The van der Waals surface area contributed by atoms with E-state index in [0.717, 1.165) is 19.2 Å². The van der Waals surface area contributed by atoms with Crippen LogP contribution in [-0.4, -0.2) is 44.8 Å². The Hall–Kier alpha value is -2.84. The Labute approximate surface area is 119 Å². The molecule has 0 radical (unpaired) electrons. The molecular weight excluding hydrogens is 286 g/mol. The van der Waals surface area contributed by atoms with Crippen LogP contribution >= 0.6 is 0 Å². The van der Waals surface area contributed by atoms with E-state index >= 15 is 0 Å². The fraction of sp³-hybridized carbons (Fsp3) is 0.333. The van der Waals surface area contributed by atoms with E-state index in [2.05, 4.69) is 9.47 Å². The fourth-order valence-corrected chi connectivity index (χ4v) is 1.44. The summed E-state index contributed by atoms with van der Waals surface area (Å²) in [6, 6.07) is 2.14. The molecule has 114 valence electrons. The zero-order valence-electron chi connectivity index (χ0n) is 11.6. The van der Waals surface area contributed by atoms with E-state index in [1.54, 1.807) is 0 Å². The van der Waals surface area contributed by atoms with Crippen molar-refractivity contribution in [3.63, 3.8) is 0 Å². The monoisotopic (exact) mass is 299 g/mol. The molecule has 0 atom stereocenters. The van der Waals surface area contributed by atoms with Gasteiger partial charge in [-0.2, -0.15) is 0 Å². The average molecular weight is 299 g/mol. The van der Waals surface area contributed by atoms with Gasteiger partial charge >= 0.3 is 11.9 Å². The van der Waals surface area contributed by atoms with Crippen LogP contribution in [0.5, 0.6) is 11.5 Å². The highest BCUT2D eigenvalue weighted by Gasteiger charge is 2.26. The number of ether oxygens (including phenoxy) is 4. The molecule has 0 N–H and O–H groups in total. The standard InChI is InChI=1S/C12H13NO8/c1-18-9-4-7(12(15)21-6-11(14)20-3)8(13(16)17)5-10(9)19-2/h4-5H,6H2,1-3H3. The third-order valence-corrected chi connectivity index (χ3v) is 2.47. The highest BCUT2D eigenvalue weighted by molar-refractivity contribution is 5.95. The summed E-state index contributed by atoms with van der Waals surface area (Å²) in [6.07, 6.45) is 0. The van der Waals surface area contributed by atoms with E-state index in [1.165, 1.54) is 14.2 Å². The predicted octanol–water partition coefficient (Wildman–Crippen LogP) is 0.942. The average Bonchev–Trinajstić information content (AvgIpc) is 2.50. The third kappa shape index (κ3) is 3.81. The molecule has 0 amide bonds. The molecule has 0 heterocycles. The van der Waals surface area contributed by atoms with Gasteiger partial charge in [0.25, 0.3) is 5.69 Å². The Morgan fingerprint density at radius 1 is 1.14 bits per heavy atom. The molecule has 0 aliphatic carbocycles. The van der Waals surface area contributed by atoms with Crippen LogP contribution in [0, 0.1) is 10.1 Å². The first-order chi connectivity index (χ1) is 9.94. The van der Waals surface area contributed by atoms with Crippen molar-refractivity contribution >= 4 is 17.6 Å². The zero-order chi connectivity index (χ0) is 16.0. The molecule has 0 unspecified atom stereocenters. The largest absolute Gasteiger partial charge is 0.493 e. The molecule has 0 aromatic heterocycles. The lowest BCUT2D eigenvalue weighted by atomic mass is 10.1. The summed E-state index contributed by atoms with van der Waals surface area (Å²) in [4.78, 5) is 33.0. The highest BCUT2D eigenvalue weighted by atomic mass is 16.6. The molecule has 0 bridgehead atoms. The van der Waals surface area contributed by atoms with Gasteiger partial charge in [-0.3, -0.25) is 10.1 Å². The van der Waals surface area contributed by atoms with Gasteiger partial charge in [0.2, 0.25) is 0 Å². The van der Waals surface area contributed by atoms with E-state index in [0.29, 0.717) is 0 Å². The van der Waals surface area contributed by atoms with Gasteiger partial charge in [-0.25, -0.2) is 9.59 Å². The predicted molar refractivity (Wildman–Crippen MR) is 68.5 cm³/mol. The molecule has 0 spiro atoms. The minimum atomic E-state index is -1.05. The van der Waals surface area contributed by atoms with Crippen molar-refractivity contribution in [2.45, 2.75) is 0 Å². The Kier molecular flexibility index (Phi) is 5.47. The molecule has 0 aliphatic heterocycles. The number of rotatable bonds is 6. The first kappa shape index (κ1) is 16.2. The number of nitrogens with zero attached hydrogens (tertiary/aromatic N) is 1. The second kappa shape index (κ2) is 7.08. The number of nitro groups is 1. The maximum atomic E-state index is 11.8. The van der Waals surface area contributed by atoms with Crippen molar-refractivity contribution in [3.05, 3.63) is 27.8 Å². The van der Waals surface area contributed by atoms with Crippen molar-refractivity contribution in [2.75, 3.05) is 27.9 Å². The van der Waals surface area contributed by atoms with Crippen LogP contribution in [0.25, 0.3) is 0 Å². The smallest absolute Gasteiger partial charge is 0.345 e. The topological polar surface area (TPSA) is 114 Å². The summed E-state index contributed by atoms with van der Waals surface area (Å²) in [6.45, 7) is -0.652. The molecule has 1 rings (SSSR count).